The molecule has 2 rings (SSSR count). The molecular weight excluding hydrogens is 380 g/mol. The first-order chi connectivity index (χ1) is 12.3. The summed E-state index contributed by atoms with van der Waals surface area (Å²) in [5.74, 6) is 0.710. The summed E-state index contributed by atoms with van der Waals surface area (Å²) < 4.78 is 5.68. The molecule has 152 valence electrons. The highest BCUT2D eigenvalue weighted by atomic mass is 32.2. The van der Waals surface area contributed by atoms with Crippen LogP contribution in [0.4, 0.5) is 0 Å². The number of aliphatic hydroxyl groups excluding tert-OH is 4. The van der Waals surface area contributed by atoms with Crippen LogP contribution in [0.3, 0.4) is 0 Å². The Morgan fingerprint density at radius 1 is 1.31 bits per heavy atom. The van der Waals surface area contributed by atoms with Gasteiger partial charge < -0.3 is 35.8 Å². The van der Waals surface area contributed by atoms with Crippen LogP contribution >= 0.6 is 23.5 Å². The molecule has 8 nitrogen and oxygen atoms in total. The third kappa shape index (κ3) is 5.05. The Morgan fingerprint density at radius 3 is 2.58 bits per heavy atom. The molecule has 1 amide bonds. The highest BCUT2D eigenvalue weighted by molar-refractivity contribution is 7.99. The second-order valence-corrected chi connectivity index (χ2v) is 9.24. The number of hydrogen-bond donors (Lipinski definition) is 6. The van der Waals surface area contributed by atoms with Crippen molar-refractivity contribution in [2.75, 3.05) is 18.6 Å². The van der Waals surface area contributed by atoms with Crippen molar-refractivity contribution in [3.8, 4) is 0 Å². The Bertz CT molecular complexity index is 470. The van der Waals surface area contributed by atoms with E-state index in [4.69, 9.17) is 4.74 Å². The molecule has 0 aromatic rings. The quantitative estimate of drug-likeness (QED) is 0.297. The van der Waals surface area contributed by atoms with E-state index >= 15 is 0 Å². The first-order valence-electron chi connectivity index (χ1n) is 8.86. The van der Waals surface area contributed by atoms with Gasteiger partial charge in [0.1, 0.15) is 29.9 Å². The molecule has 0 aliphatic carbocycles. The molecule has 2 aliphatic rings. The Kier molecular flexibility index (Phi) is 8.48. The van der Waals surface area contributed by atoms with Gasteiger partial charge in [-0.2, -0.15) is 11.8 Å². The zero-order valence-electron chi connectivity index (χ0n) is 15.2. The third-order valence-electron chi connectivity index (χ3n) is 4.83. The summed E-state index contributed by atoms with van der Waals surface area (Å²) in [7, 11) is 0. The predicted octanol–water partition coefficient (Wildman–Crippen LogP) is -1.49. The predicted molar refractivity (Wildman–Crippen MR) is 102 cm³/mol. The van der Waals surface area contributed by atoms with E-state index in [1.54, 1.807) is 18.0 Å². The third-order valence-corrected chi connectivity index (χ3v) is 6.85. The molecule has 0 saturated carbocycles. The maximum absolute atomic E-state index is 12.6. The fourth-order valence-corrected chi connectivity index (χ4v) is 5.07. The van der Waals surface area contributed by atoms with Crippen LogP contribution < -0.4 is 10.6 Å². The zero-order chi connectivity index (χ0) is 19.4. The van der Waals surface area contributed by atoms with Crippen LogP contribution in [0, 0.1) is 0 Å². The summed E-state index contributed by atoms with van der Waals surface area (Å²) in [6.45, 7) is 4.31. The number of carbonyl (C=O) groups is 1. The topological polar surface area (TPSA) is 131 Å². The molecule has 2 fully saturated rings. The Morgan fingerprint density at radius 2 is 2.00 bits per heavy atom. The van der Waals surface area contributed by atoms with E-state index < -0.39 is 42.0 Å². The molecule has 10 heteroatoms. The van der Waals surface area contributed by atoms with Crippen molar-refractivity contribution in [2.45, 2.75) is 73.6 Å². The summed E-state index contributed by atoms with van der Waals surface area (Å²) in [4.78, 5) is 12.6. The lowest BCUT2D eigenvalue weighted by atomic mass is 9.92. The highest BCUT2D eigenvalue weighted by Crippen LogP contribution is 2.29. The Hall–Kier alpha value is -0.0700. The fourth-order valence-electron chi connectivity index (χ4n) is 3.37. The average Bonchev–Trinajstić information content (AvgIpc) is 3.07. The minimum absolute atomic E-state index is 0.271. The van der Waals surface area contributed by atoms with Crippen molar-refractivity contribution in [3.63, 3.8) is 0 Å². The van der Waals surface area contributed by atoms with Gasteiger partial charge in [-0.15, -0.1) is 11.8 Å². The SMILES string of the molecule is CCS[C@H]1CN[C@H](C(=O)N[C@@H]([C@H]2O[C@H](SC)[C@H](O)[C@@H](O)[C@H]2O)[C@@H](C)O)C1. The van der Waals surface area contributed by atoms with Crippen molar-refractivity contribution in [3.05, 3.63) is 0 Å². The maximum atomic E-state index is 12.6. The molecule has 0 radical (unpaired) electrons. The number of nitrogens with one attached hydrogen (secondary N) is 2. The molecule has 0 aromatic heterocycles. The van der Waals surface area contributed by atoms with E-state index in [-0.39, 0.29) is 11.9 Å². The monoisotopic (exact) mass is 410 g/mol. The van der Waals surface area contributed by atoms with Crippen LogP contribution in [0.15, 0.2) is 0 Å². The molecule has 2 saturated heterocycles. The second-order valence-electron chi connectivity index (χ2n) is 6.73. The Labute approximate surface area is 162 Å². The van der Waals surface area contributed by atoms with Crippen molar-refractivity contribution in [1.29, 1.82) is 0 Å². The van der Waals surface area contributed by atoms with Gasteiger partial charge in [-0.05, 0) is 25.4 Å². The smallest absolute Gasteiger partial charge is 0.237 e. The minimum Gasteiger partial charge on any atom is -0.391 e. The summed E-state index contributed by atoms with van der Waals surface area (Å²) in [5.41, 5.74) is -0.758. The number of amides is 1. The number of aliphatic hydroxyl groups is 4. The lowest BCUT2D eigenvalue weighted by Crippen LogP contribution is -2.65. The fraction of sp³-hybridized carbons (Fsp3) is 0.938. The van der Waals surface area contributed by atoms with Gasteiger partial charge in [-0.25, -0.2) is 0 Å². The zero-order valence-corrected chi connectivity index (χ0v) is 16.9. The summed E-state index contributed by atoms with van der Waals surface area (Å²) in [6, 6.07) is -1.28. The van der Waals surface area contributed by atoms with E-state index in [1.165, 1.54) is 18.7 Å². The van der Waals surface area contributed by atoms with Gasteiger partial charge in [-0.1, -0.05) is 6.92 Å². The second kappa shape index (κ2) is 9.92. The number of rotatable bonds is 7. The largest absolute Gasteiger partial charge is 0.391 e. The first-order valence-corrected chi connectivity index (χ1v) is 11.2. The molecule has 2 aliphatic heterocycles. The molecule has 2 heterocycles. The molecule has 0 spiro atoms. The molecule has 26 heavy (non-hydrogen) atoms. The summed E-state index contributed by atoms with van der Waals surface area (Å²) in [6.07, 6.45) is -3.72. The lowest BCUT2D eigenvalue weighted by molar-refractivity contribution is -0.211. The lowest BCUT2D eigenvalue weighted by Gasteiger charge is -2.44. The minimum atomic E-state index is -1.42. The number of thioether (sulfide) groups is 2. The maximum Gasteiger partial charge on any atom is 0.237 e. The Balaban J connectivity index is 2.05. The molecule has 9 atom stereocenters. The van der Waals surface area contributed by atoms with Crippen LogP contribution in [-0.2, 0) is 9.53 Å². The van der Waals surface area contributed by atoms with Gasteiger partial charge in [0.2, 0.25) is 5.91 Å². The van der Waals surface area contributed by atoms with Gasteiger partial charge >= 0.3 is 0 Å². The normalized spacial score (nSPS) is 40.2. The number of carbonyl (C=O) groups excluding carboxylic acids is 1. The van der Waals surface area contributed by atoms with E-state index in [0.717, 1.165) is 12.3 Å². The van der Waals surface area contributed by atoms with Crippen molar-refractivity contribution >= 4 is 29.4 Å². The van der Waals surface area contributed by atoms with Gasteiger partial charge in [0.05, 0.1) is 18.2 Å². The molecule has 0 unspecified atom stereocenters. The van der Waals surface area contributed by atoms with Crippen molar-refractivity contribution < 1.29 is 30.0 Å². The summed E-state index contributed by atoms with van der Waals surface area (Å²) in [5, 5.41) is 46.8. The van der Waals surface area contributed by atoms with Gasteiger partial charge in [0, 0.05) is 11.8 Å². The standard InChI is InChI=1S/C16H30N2O6S2/c1-4-26-8-5-9(17-6-8)15(23)18-10(7(2)19)14-12(21)11(20)13(22)16(24-14)25-3/h7-14,16-17,19-22H,4-6H2,1-3H3,(H,18,23)/t7-,8-,9+,10-,11+,12-,13-,14-,16-/m1/s1. The number of ether oxygens (including phenoxy) is 1. The molecular formula is C16H30N2O6S2. The van der Waals surface area contributed by atoms with Crippen LogP contribution in [0.5, 0.6) is 0 Å². The van der Waals surface area contributed by atoms with Crippen LogP contribution in [-0.4, -0.2) is 98.2 Å². The number of hydrogen-bond acceptors (Lipinski definition) is 9. The average molecular weight is 411 g/mol. The van der Waals surface area contributed by atoms with Gasteiger partial charge in [0.15, 0.2) is 0 Å². The van der Waals surface area contributed by atoms with Crippen molar-refractivity contribution in [1.82, 2.24) is 10.6 Å². The first kappa shape index (κ1) is 22.2. The molecule has 0 bridgehead atoms. The van der Waals surface area contributed by atoms with E-state index in [2.05, 4.69) is 17.6 Å². The van der Waals surface area contributed by atoms with E-state index in [1.807, 2.05) is 0 Å². The highest BCUT2D eigenvalue weighted by Gasteiger charge is 2.48. The van der Waals surface area contributed by atoms with E-state index in [0.29, 0.717) is 11.7 Å². The van der Waals surface area contributed by atoms with Crippen LogP contribution in [0.25, 0.3) is 0 Å². The van der Waals surface area contributed by atoms with Crippen LogP contribution in [0.1, 0.15) is 20.3 Å². The van der Waals surface area contributed by atoms with Crippen LogP contribution in [0.2, 0.25) is 0 Å². The van der Waals surface area contributed by atoms with E-state index in [9.17, 15) is 25.2 Å². The van der Waals surface area contributed by atoms with Gasteiger partial charge in [-0.3, -0.25) is 4.79 Å². The van der Waals surface area contributed by atoms with Crippen molar-refractivity contribution in [2.24, 2.45) is 0 Å². The molecule has 0 aromatic carbocycles. The summed E-state index contributed by atoms with van der Waals surface area (Å²) >= 11 is 2.99. The molecule has 6 N–H and O–H groups in total. The van der Waals surface area contributed by atoms with Gasteiger partial charge in [0.25, 0.3) is 0 Å².